The zero-order chi connectivity index (χ0) is 18.3. The molecular weight excluding hydrogens is 338 g/mol. The van der Waals surface area contributed by atoms with Gasteiger partial charge in [-0.3, -0.25) is 9.69 Å². The molecule has 1 amide bonds. The molecule has 1 N–H and O–H groups in total. The largest absolute Gasteiger partial charge is 0.379 e. The summed E-state index contributed by atoms with van der Waals surface area (Å²) in [4.78, 5) is 20.4. The summed E-state index contributed by atoms with van der Waals surface area (Å²) >= 11 is 0. The van der Waals surface area contributed by atoms with Gasteiger partial charge in [-0.2, -0.15) is 0 Å². The second-order valence-electron chi connectivity index (χ2n) is 8.11. The summed E-state index contributed by atoms with van der Waals surface area (Å²) in [5.41, 5.74) is 3.94. The highest BCUT2D eigenvalue weighted by Crippen LogP contribution is 2.52. The zero-order valence-corrected chi connectivity index (χ0v) is 15.7. The molecule has 27 heavy (non-hydrogen) atoms. The van der Waals surface area contributed by atoms with E-state index in [2.05, 4.69) is 34.1 Å². The Balaban J connectivity index is 1.37. The first-order valence-electron chi connectivity index (χ1n) is 10.1. The van der Waals surface area contributed by atoms with Crippen LogP contribution >= 0.6 is 0 Å². The van der Waals surface area contributed by atoms with Crippen molar-refractivity contribution in [1.82, 2.24) is 14.8 Å². The van der Waals surface area contributed by atoms with E-state index < -0.39 is 0 Å². The molecule has 1 aliphatic carbocycles. The Morgan fingerprint density at radius 1 is 1.04 bits per heavy atom. The van der Waals surface area contributed by atoms with Crippen molar-refractivity contribution in [3.8, 4) is 0 Å². The molecule has 0 saturated carbocycles. The molecule has 2 aromatic rings. The molecule has 5 heteroatoms. The van der Waals surface area contributed by atoms with Gasteiger partial charge in [-0.15, -0.1) is 0 Å². The predicted octanol–water partition coefficient (Wildman–Crippen LogP) is 2.97. The number of morpholine rings is 1. The Morgan fingerprint density at radius 3 is 2.56 bits per heavy atom. The number of fused-ring (bicyclic) bond motifs is 2. The minimum Gasteiger partial charge on any atom is -0.379 e. The molecule has 2 aliphatic heterocycles. The molecule has 1 aromatic heterocycles. The molecule has 5 nitrogen and oxygen atoms in total. The van der Waals surface area contributed by atoms with Gasteiger partial charge in [0.15, 0.2) is 0 Å². The van der Waals surface area contributed by atoms with Crippen molar-refractivity contribution in [3.63, 3.8) is 0 Å². The van der Waals surface area contributed by atoms with Crippen LogP contribution in [0.5, 0.6) is 0 Å². The fourth-order valence-corrected chi connectivity index (χ4v) is 5.32. The van der Waals surface area contributed by atoms with Gasteiger partial charge >= 0.3 is 0 Å². The van der Waals surface area contributed by atoms with Crippen LogP contribution in [0.1, 0.15) is 46.9 Å². The van der Waals surface area contributed by atoms with Crippen LogP contribution in [0, 0.1) is 0 Å². The Morgan fingerprint density at radius 2 is 1.81 bits per heavy atom. The molecule has 1 aromatic carbocycles. The van der Waals surface area contributed by atoms with Gasteiger partial charge in [0.1, 0.15) is 5.69 Å². The average Bonchev–Trinajstić information content (AvgIpc) is 3.37. The van der Waals surface area contributed by atoms with Crippen LogP contribution in [0.4, 0.5) is 0 Å². The third-order valence-corrected chi connectivity index (χ3v) is 6.80. The summed E-state index contributed by atoms with van der Waals surface area (Å²) in [6.07, 6.45) is 5.10. The van der Waals surface area contributed by atoms with Crippen molar-refractivity contribution in [3.05, 3.63) is 59.4 Å². The highest BCUT2D eigenvalue weighted by molar-refractivity contribution is 5.92. The lowest BCUT2D eigenvalue weighted by Gasteiger charge is -2.41. The molecule has 1 unspecified atom stereocenters. The van der Waals surface area contributed by atoms with E-state index in [1.54, 1.807) is 0 Å². The first-order valence-corrected chi connectivity index (χ1v) is 10.1. The van der Waals surface area contributed by atoms with Crippen molar-refractivity contribution in [1.29, 1.82) is 0 Å². The third kappa shape index (κ3) is 2.89. The molecule has 5 rings (SSSR count). The standard InChI is InChI=1S/C22H27N3O2/c26-21(19-6-3-9-23-19)25-10-7-22(8-11-25)16-20(24-12-14-27-15-13-24)17-4-1-2-5-18(17)22/h1-6,9,20,23H,7-8,10-16H2. The second-order valence-corrected chi connectivity index (χ2v) is 8.11. The van der Waals surface area contributed by atoms with Crippen molar-refractivity contribution in [2.45, 2.75) is 30.7 Å². The summed E-state index contributed by atoms with van der Waals surface area (Å²) in [6.45, 7) is 5.39. The number of carbonyl (C=O) groups is 1. The van der Waals surface area contributed by atoms with Crippen LogP contribution in [-0.4, -0.2) is 60.1 Å². The first kappa shape index (κ1) is 17.0. The molecule has 3 aliphatic rings. The number of amides is 1. The maximum atomic E-state index is 12.7. The van der Waals surface area contributed by atoms with Gasteiger partial charge < -0.3 is 14.6 Å². The van der Waals surface area contributed by atoms with Crippen molar-refractivity contribution in [2.75, 3.05) is 39.4 Å². The van der Waals surface area contributed by atoms with Gasteiger partial charge in [-0.05, 0) is 42.5 Å². The lowest BCUT2D eigenvalue weighted by molar-refractivity contribution is 0.0104. The molecule has 142 valence electrons. The zero-order valence-electron chi connectivity index (χ0n) is 15.7. The van der Waals surface area contributed by atoms with E-state index in [-0.39, 0.29) is 11.3 Å². The quantitative estimate of drug-likeness (QED) is 0.890. The lowest BCUT2D eigenvalue weighted by atomic mass is 9.73. The Hall–Kier alpha value is -2.11. The SMILES string of the molecule is O=C(c1ccc[nH]1)N1CCC2(CC1)CC(N1CCOCC1)c1ccccc12. The summed E-state index contributed by atoms with van der Waals surface area (Å²) in [6, 6.07) is 13.3. The molecule has 2 saturated heterocycles. The molecule has 2 fully saturated rings. The monoisotopic (exact) mass is 365 g/mol. The van der Waals surface area contributed by atoms with E-state index in [1.165, 1.54) is 17.5 Å². The van der Waals surface area contributed by atoms with Crippen molar-refractivity contribution >= 4 is 5.91 Å². The summed E-state index contributed by atoms with van der Waals surface area (Å²) < 4.78 is 5.57. The van der Waals surface area contributed by atoms with Crippen molar-refractivity contribution < 1.29 is 9.53 Å². The number of ether oxygens (including phenoxy) is 1. The highest BCUT2D eigenvalue weighted by Gasteiger charge is 2.47. The van der Waals surface area contributed by atoms with Gasteiger partial charge in [0.2, 0.25) is 0 Å². The van der Waals surface area contributed by atoms with E-state index in [0.717, 1.165) is 52.2 Å². The number of hydrogen-bond donors (Lipinski definition) is 1. The fourth-order valence-electron chi connectivity index (χ4n) is 5.32. The van der Waals surface area contributed by atoms with E-state index in [4.69, 9.17) is 4.74 Å². The number of hydrogen-bond acceptors (Lipinski definition) is 3. The number of aromatic amines is 1. The van der Waals surface area contributed by atoms with Gasteiger partial charge in [0.25, 0.3) is 5.91 Å². The second kappa shape index (κ2) is 6.80. The van der Waals surface area contributed by atoms with Crippen LogP contribution in [0.2, 0.25) is 0 Å². The highest BCUT2D eigenvalue weighted by atomic mass is 16.5. The number of carbonyl (C=O) groups excluding carboxylic acids is 1. The van der Waals surface area contributed by atoms with E-state index in [0.29, 0.717) is 11.7 Å². The number of piperidine rings is 1. The molecule has 1 atom stereocenters. The number of nitrogens with zero attached hydrogens (tertiary/aromatic N) is 2. The Labute approximate surface area is 160 Å². The van der Waals surface area contributed by atoms with Gasteiger partial charge in [0, 0.05) is 43.8 Å². The lowest BCUT2D eigenvalue weighted by Crippen LogP contribution is -2.45. The van der Waals surface area contributed by atoms with E-state index in [1.807, 2.05) is 23.2 Å². The average molecular weight is 365 g/mol. The number of aromatic nitrogens is 1. The van der Waals surface area contributed by atoms with E-state index in [9.17, 15) is 4.79 Å². The van der Waals surface area contributed by atoms with Crippen LogP contribution in [0.15, 0.2) is 42.6 Å². The van der Waals surface area contributed by atoms with Crippen molar-refractivity contribution in [2.24, 2.45) is 0 Å². The number of likely N-dealkylation sites (tertiary alicyclic amines) is 1. The minimum atomic E-state index is 0.130. The van der Waals surface area contributed by atoms with Gasteiger partial charge in [-0.25, -0.2) is 0 Å². The number of H-pyrrole nitrogens is 1. The Kier molecular flexibility index (Phi) is 4.29. The third-order valence-electron chi connectivity index (χ3n) is 6.80. The summed E-state index contributed by atoms with van der Waals surface area (Å²) in [5.74, 6) is 0.130. The van der Waals surface area contributed by atoms with Crippen LogP contribution < -0.4 is 0 Å². The van der Waals surface area contributed by atoms with E-state index >= 15 is 0 Å². The fraction of sp³-hybridized carbons (Fsp3) is 0.500. The molecule has 0 bridgehead atoms. The maximum absolute atomic E-state index is 12.7. The summed E-state index contributed by atoms with van der Waals surface area (Å²) in [7, 11) is 0. The van der Waals surface area contributed by atoms with Crippen LogP contribution in [-0.2, 0) is 10.2 Å². The van der Waals surface area contributed by atoms with Crippen LogP contribution in [0.25, 0.3) is 0 Å². The first-order chi connectivity index (χ1) is 13.3. The van der Waals surface area contributed by atoms with Gasteiger partial charge in [-0.1, -0.05) is 24.3 Å². The topological polar surface area (TPSA) is 48.6 Å². The normalized spacial score (nSPS) is 24.9. The number of rotatable bonds is 2. The van der Waals surface area contributed by atoms with Gasteiger partial charge in [0.05, 0.1) is 13.2 Å². The number of benzene rings is 1. The van der Waals surface area contributed by atoms with Crippen LogP contribution in [0.3, 0.4) is 0 Å². The predicted molar refractivity (Wildman–Crippen MR) is 104 cm³/mol. The number of nitrogens with one attached hydrogen (secondary N) is 1. The molecule has 3 heterocycles. The Bertz CT molecular complexity index is 803. The molecular formula is C22H27N3O2. The molecule has 0 radical (unpaired) electrons. The summed E-state index contributed by atoms with van der Waals surface area (Å²) in [5, 5.41) is 0. The molecule has 1 spiro atoms. The maximum Gasteiger partial charge on any atom is 0.270 e. The minimum absolute atomic E-state index is 0.130. The smallest absolute Gasteiger partial charge is 0.270 e.